The molecule has 3 aromatic rings. The lowest BCUT2D eigenvalue weighted by molar-refractivity contribution is 0.0953. The first-order chi connectivity index (χ1) is 15.5. The Labute approximate surface area is 191 Å². The van der Waals surface area contributed by atoms with Crippen LogP contribution in [0.4, 0.5) is 4.39 Å². The lowest BCUT2D eigenvalue weighted by atomic mass is 10.2. The summed E-state index contributed by atoms with van der Waals surface area (Å²) in [6, 6.07) is 8.82. The molecule has 5 rings (SSSR count). The largest absolute Gasteiger partial charge is 0.376 e. The molecule has 1 atom stereocenters. The van der Waals surface area contributed by atoms with Crippen molar-refractivity contribution in [3.63, 3.8) is 0 Å². The maximum absolute atomic E-state index is 13.4. The molecule has 1 aliphatic carbocycles. The second kappa shape index (κ2) is 8.83. The van der Waals surface area contributed by atoms with Gasteiger partial charge in [0.05, 0.1) is 18.4 Å². The summed E-state index contributed by atoms with van der Waals surface area (Å²) in [6.45, 7) is 5.49. The van der Waals surface area contributed by atoms with Crippen LogP contribution in [-0.4, -0.2) is 43.6 Å². The van der Waals surface area contributed by atoms with E-state index in [1.165, 1.54) is 36.7 Å². The van der Waals surface area contributed by atoms with Crippen LogP contribution in [0.1, 0.15) is 53.5 Å². The van der Waals surface area contributed by atoms with Crippen LogP contribution < -0.4 is 0 Å². The van der Waals surface area contributed by atoms with Gasteiger partial charge in [-0.15, -0.1) is 10.2 Å². The van der Waals surface area contributed by atoms with Crippen LogP contribution in [0.2, 0.25) is 0 Å². The van der Waals surface area contributed by atoms with Crippen LogP contribution in [0, 0.1) is 19.7 Å². The number of benzene rings is 1. The topological polar surface area (TPSA) is 61.9 Å². The number of ether oxygens (including phenoxy) is 1. The number of carbonyl (C=O) groups is 1. The summed E-state index contributed by atoms with van der Waals surface area (Å²) in [6.07, 6.45) is 4.50. The molecule has 2 aliphatic rings. The number of thioether (sulfide) groups is 1. The van der Waals surface area contributed by atoms with Crippen molar-refractivity contribution in [3.05, 3.63) is 53.1 Å². The van der Waals surface area contributed by atoms with Crippen molar-refractivity contribution in [3.8, 4) is 11.4 Å². The van der Waals surface area contributed by atoms with Crippen LogP contribution in [0.25, 0.3) is 11.4 Å². The standard InChI is InChI=1S/C24H27FN4O2S/c1-15-12-21(16(2)29(15)19-9-10-19)22(30)14-32-24-27-26-23(17-5-7-18(25)8-6-17)28(24)13-20-4-3-11-31-20/h5-8,12,19-20H,3-4,9-11,13-14H2,1-2H3/t20-/m0/s1. The molecule has 0 amide bonds. The summed E-state index contributed by atoms with van der Waals surface area (Å²) >= 11 is 1.40. The van der Waals surface area contributed by atoms with Crippen molar-refractivity contribution in [1.82, 2.24) is 19.3 Å². The zero-order valence-corrected chi connectivity index (χ0v) is 19.2. The molecule has 2 aromatic heterocycles. The fourth-order valence-corrected chi connectivity index (χ4v) is 5.36. The molecule has 0 unspecified atom stereocenters. The fourth-order valence-electron chi connectivity index (χ4n) is 4.53. The minimum atomic E-state index is -0.289. The van der Waals surface area contributed by atoms with Gasteiger partial charge in [0.1, 0.15) is 5.82 Å². The average molecular weight is 455 g/mol. The molecule has 1 aliphatic heterocycles. The summed E-state index contributed by atoms with van der Waals surface area (Å²) in [5, 5.41) is 9.43. The molecule has 2 fully saturated rings. The van der Waals surface area contributed by atoms with E-state index >= 15 is 0 Å². The summed E-state index contributed by atoms with van der Waals surface area (Å²) in [5.41, 5.74) is 3.80. The first kappa shape index (κ1) is 21.4. The Kier molecular flexibility index (Phi) is 5.90. The minimum Gasteiger partial charge on any atom is -0.376 e. The predicted octanol–water partition coefficient (Wildman–Crippen LogP) is 4.99. The van der Waals surface area contributed by atoms with Crippen molar-refractivity contribution in [2.24, 2.45) is 0 Å². The molecular weight excluding hydrogens is 427 g/mol. The predicted molar refractivity (Wildman–Crippen MR) is 122 cm³/mol. The van der Waals surface area contributed by atoms with Crippen LogP contribution in [0.5, 0.6) is 0 Å². The van der Waals surface area contributed by atoms with Crippen molar-refractivity contribution in [2.75, 3.05) is 12.4 Å². The number of hydrogen-bond acceptors (Lipinski definition) is 5. The molecule has 3 heterocycles. The number of aryl methyl sites for hydroxylation is 1. The van der Waals surface area contributed by atoms with Gasteiger partial charge in [0.15, 0.2) is 16.8 Å². The van der Waals surface area contributed by atoms with Gasteiger partial charge in [-0.3, -0.25) is 9.36 Å². The Morgan fingerprint density at radius 3 is 2.66 bits per heavy atom. The quantitative estimate of drug-likeness (QED) is 0.354. The van der Waals surface area contributed by atoms with Gasteiger partial charge in [-0.2, -0.15) is 0 Å². The van der Waals surface area contributed by atoms with Gasteiger partial charge in [0, 0.05) is 35.2 Å². The Hall–Kier alpha value is -2.45. The van der Waals surface area contributed by atoms with Crippen molar-refractivity contribution in [1.29, 1.82) is 0 Å². The molecule has 168 valence electrons. The molecule has 32 heavy (non-hydrogen) atoms. The van der Waals surface area contributed by atoms with Gasteiger partial charge in [0.25, 0.3) is 0 Å². The minimum absolute atomic E-state index is 0.0951. The Balaban J connectivity index is 1.37. The van der Waals surface area contributed by atoms with E-state index in [2.05, 4.69) is 21.7 Å². The van der Waals surface area contributed by atoms with Crippen LogP contribution in [-0.2, 0) is 11.3 Å². The van der Waals surface area contributed by atoms with E-state index in [-0.39, 0.29) is 17.7 Å². The average Bonchev–Trinajstić information content (AvgIpc) is 3.18. The Morgan fingerprint density at radius 1 is 1.19 bits per heavy atom. The van der Waals surface area contributed by atoms with Gasteiger partial charge in [-0.1, -0.05) is 11.8 Å². The zero-order chi connectivity index (χ0) is 22.2. The summed E-state index contributed by atoms with van der Waals surface area (Å²) in [5.74, 6) is 0.775. The van der Waals surface area contributed by atoms with E-state index in [0.29, 0.717) is 29.3 Å². The molecule has 8 heteroatoms. The number of carbonyl (C=O) groups excluding carboxylic acids is 1. The SMILES string of the molecule is Cc1cc(C(=O)CSc2nnc(-c3ccc(F)cc3)n2C[C@@H]2CCCO2)c(C)n1C1CC1. The first-order valence-electron chi connectivity index (χ1n) is 11.2. The monoisotopic (exact) mass is 454 g/mol. The smallest absolute Gasteiger partial charge is 0.192 e. The van der Waals surface area contributed by atoms with Crippen LogP contribution in [0.15, 0.2) is 35.5 Å². The number of aromatic nitrogens is 4. The number of rotatable bonds is 8. The number of ketones is 1. The van der Waals surface area contributed by atoms with Crippen molar-refractivity contribution >= 4 is 17.5 Å². The van der Waals surface area contributed by atoms with Gasteiger partial charge >= 0.3 is 0 Å². The lowest BCUT2D eigenvalue weighted by Crippen LogP contribution is -2.17. The number of hydrogen-bond donors (Lipinski definition) is 0. The van der Waals surface area contributed by atoms with Crippen molar-refractivity contribution in [2.45, 2.75) is 63.4 Å². The van der Waals surface area contributed by atoms with E-state index in [9.17, 15) is 9.18 Å². The normalized spacial score (nSPS) is 18.4. The summed E-state index contributed by atoms with van der Waals surface area (Å²) < 4.78 is 23.6. The molecule has 1 saturated heterocycles. The van der Waals surface area contributed by atoms with Crippen LogP contribution in [0.3, 0.4) is 0 Å². The highest BCUT2D eigenvalue weighted by Gasteiger charge is 2.29. The third kappa shape index (κ3) is 4.26. The molecule has 0 N–H and O–H groups in total. The number of halogens is 1. The highest BCUT2D eigenvalue weighted by Crippen LogP contribution is 2.38. The molecule has 6 nitrogen and oxygen atoms in total. The summed E-state index contributed by atoms with van der Waals surface area (Å²) in [7, 11) is 0. The van der Waals surface area contributed by atoms with Gasteiger partial charge in [0.2, 0.25) is 0 Å². The highest BCUT2D eigenvalue weighted by molar-refractivity contribution is 7.99. The molecule has 1 aromatic carbocycles. The molecule has 0 bridgehead atoms. The summed E-state index contributed by atoms with van der Waals surface area (Å²) in [4.78, 5) is 13.1. The second-order valence-corrected chi connectivity index (χ2v) is 9.60. The Bertz CT molecular complexity index is 1130. The third-order valence-electron chi connectivity index (χ3n) is 6.26. The lowest BCUT2D eigenvalue weighted by Gasteiger charge is -2.14. The van der Waals surface area contributed by atoms with Gasteiger partial charge in [-0.05, 0) is 69.9 Å². The second-order valence-electron chi connectivity index (χ2n) is 8.66. The van der Waals surface area contributed by atoms with E-state index in [0.717, 1.165) is 42.0 Å². The maximum Gasteiger partial charge on any atom is 0.192 e. The highest BCUT2D eigenvalue weighted by atomic mass is 32.2. The zero-order valence-electron chi connectivity index (χ0n) is 18.4. The number of nitrogens with zero attached hydrogens (tertiary/aromatic N) is 4. The van der Waals surface area contributed by atoms with Gasteiger partial charge < -0.3 is 9.30 Å². The maximum atomic E-state index is 13.4. The van der Waals surface area contributed by atoms with Crippen LogP contribution >= 0.6 is 11.8 Å². The molecule has 1 saturated carbocycles. The Morgan fingerprint density at radius 2 is 1.97 bits per heavy atom. The first-order valence-corrected chi connectivity index (χ1v) is 12.1. The van der Waals surface area contributed by atoms with Gasteiger partial charge in [-0.25, -0.2) is 4.39 Å². The van der Waals surface area contributed by atoms with E-state index in [1.807, 2.05) is 17.6 Å². The number of Topliss-reactive ketones (excluding diaryl/α,β-unsaturated/α-hetero) is 1. The third-order valence-corrected chi connectivity index (χ3v) is 7.23. The molecule has 0 spiro atoms. The van der Waals surface area contributed by atoms with E-state index in [4.69, 9.17) is 4.74 Å². The van der Waals surface area contributed by atoms with E-state index < -0.39 is 0 Å². The molecular formula is C24H27FN4O2S. The fraction of sp³-hybridized carbons (Fsp3) is 0.458. The van der Waals surface area contributed by atoms with Crippen molar-refractivity contribution < 1.29 is 13.9 Å². The van der Waals surface area contributed by atoms with E-state index in [1.54, 1.807) is 12.1 Å². The molecule has 0 radical (unpaired) electrons.